The van der Waals surface area contributed by atoms with E-state index in [-0.39, 0.29) is 60.6 Å². The summed E-state index contributed by atoms with van der Waals surface area (Å²) in [5.74, 6) is -0.897. The first-order chi connectivity index (χ1) is 20.0. The van der Waals surface area contributed by atoms with Gasteiger partial charge in [0.15, 0.2) is 17.4 Å². The Balaban J connectivity index is 2.06. The van der Waals surface area contributed by atoms with Gasteiger partial charge in [-0.25, -0.2) is 14.2 Å². The number of rotatable bonds is 7. The molecule has 44 heavy (non-hydrogen) atoms. The van der Waals surface area contributed by atoms with Crippen LogP contribution in [0, 0.1) is 18.2 Å². The van der Waals surface area contributed by atoms with Crippen molar-refractivity contribution in [1.82, 2.24) is 19.7 Å². The molecule has 0 aromatic carbocycles. The van der Waals surface area contributed by atoms with Crippen molar-refractivity contribution in [3.8, 4) is 0 Å². The van der Waals surface area contributed by atoms with E-state index in [9.17, 15) is 14.4 Å². The molecular weight excluding hydrogens is 565 g/mol. The third-order valence-corrected chi connectivity index (χ3v) is 7.44. The maximum absolute atomic E-state index is 16.1. The number of pyridine rings is 1. The lowest BCUT2D eigenvalue weighted by molar-refractivity contribution is -0.172. The van der Waals surface area contributed by atoms with Crippen LogP contribution in [0.15, 0.2) is 12.1 Å². The second kappa shape index (κ2) is 12.5. The lowest BCUT2D eigenvalue weighted by atomic mass is 9.72. The molecule has 244 valence electrons. The highest BCUT2D eigenvalue weighted by molar-refractivity contribution is 5.97. The molecule has 2 aromatic heterocycles. The monoisotopic (exact) mass is 615 g/mol. The summed E-state index contributed by atoms with van der Waals surface area (Å²) in [6.07, 6.45) is -0.0895. The van der Waals surface area contributed by atoms with E-state index in [1.807, 2.05) is 45.4 Å². The molecule has 0 spiro atoms. The minimum Gasteiger partial charge on any atom is -0.460 e. The molecule has 10 nitrogen and oxygen atoms in total. The highest BCUT2D eigenvalue weighted by atomic mass is 19.1. The zero-order valence-electron chi connectivity index (χ0n) is 28.5. The number of piperidine rings is 1. The van der Waals surface area contributed by atoms with Gasteiger partial charge in [0.2, 0.25) is 0 Å². The fraction of sp³-hybridized carbons (Fsp3) is 0.667. The third kappa shape index (κ3) is 8.35. The Hall–Kier alpha value is -3.50. The third-order valence-electron chi connectivity index (χ3n) is 7.44. The van der Waals surface area contributed by atoms with E-state index >= 15 is 4.39 Å². The van der Waals surface area contributed by atoms with Crippen molar-refractivity contribution in [2.24, 2.45) is 5.41 Å². The van der Waals surface area contributed by atoms with Crippen LogP contribution in [0.4, 0.5) is 20.8 Å². The zero-order valence-corrected chi connectivity index (χ0v) is 28.5. The first-order valence-corrected chi connectivity index (χ1v) is 15.3. The second-order valence-electron chi connectivity index (χ2n) is 14.9. The number of carbonyl (C=O) groups excluding carboxylic acids is 3. The maximum Gasteiger partial charge on any atom is 0.410 e. The number of nitrogens with one attached hydrogen (secondary N) is 1. The molecular formula is C33H50FN5O5. The number of hydrogen-bond acceptors (Lipinski definition) is 8. The molecule has 0 saturated carbocycles. The maximum atomic E-state index is 16.1. The fourth-order valence-electron chi connectivity index (χ4n) is 5.55. The molecule has 1 fully saturated rings. The highest BCUT2D eigenvalue weighted by Gasteiger charge is 2.49. The van der Waals surface area contributed by atoms with Crippen LogP contribution in [0.2, 0.25) is 0 Å². The Morgan fingerprint density at radius 3 is 2.14 bits per heavy atom. The van der Waals surface area contributed by atoms with Crippen molar-refractivity contribution in [2.45, 2.75) is 132 Å². The average Bonchev–Trinajstić information content (AvgIpc) is 3.23. The van der Waals surface area contributed by atoms with Crippen LogP contribution in [-0.4, -0.2) is 61.3 Å². The van der Waals surface area contributed by atoms with E-state index in [4.69, 9.17) is 9.47 Å². The summed E-state index contributed by atoms with van der Waals surface area (Å²) in [6.45, 7) is 22.5. The summed E-state index contributed by atoms with van der Waals surface area (Å²) in [4.78, 5) is 45.9. The summed E-state index contributed by atoms with van der Waals surface area (Å²) in [7, 11) is 0. The minimum atomic E-state index is -1.20. The van der Waals surface area contributed by atoms with Gasteiger partial charge in [-0.1, -0.05) is 6.92 Å². The minimum absolute atomic E-state index is 0.0254. The van der Waals surface area contributed by atoms with Crippen LogP contribution >= 0.6 is 0 Å². The number of amides is 1. The number of halogens is 1. The van der Waals surface area contributed by atoms with Crippen LogP contribution in [0.25, 0.3) is 0 Å². The number of likely N-dealkylation sites (tertiary alicyclic amines) is 1. The van der Waals surface area contributed by atoms with Gasteiger partial charge in [-0.05, 0) is 95.1 Å². The molecule has 1 aliphatic rings. The first-order valence-electron chi connectivity index (χ1n) is 15.3. The van der Waals surface area contributed by atoms with Crippen LogP contribution in [0.3, 0.4) is 0 Å². The molecule has 3 rings (SSSR count). The molecule has 0 aliphatic carbocycles. The Morgan fingerprint density at radius 1 is 1.02 bits per heavy atom. The van der Waals surface area contributed by atoms with E-state index < -0.39 is 40.5 Å². The molecule has 2 aromatic rings. The topological polar surface area (TPSA) is 116 Å². The van der Waals surface area contributed by atoms with E-state index in [0.717, 1.165) is 5.69 Å². The number of carbonyl (C=O) groups is 3. The van der Waals surface area contributed by atoms with Crippen LogP contribution in [0.1, 0.15) is 117 Å². The summed E-state index contributed by atoms with van der Waals surface area (Å²) in [5, 5.41) is 7.79. The molecule has 3 heterocycles. The molecule has 1 amide bonds. The van der Waals surface area contributed by atoms with E-state index in [1.54, 1.807) is 53.4 Å². The number of aromatic nitrogens is 3. The van der Waals surface area contributed by atoms with Crippen LogP contribution < -0.4 is 5.32 Å². The Labute approximate surface area is 261 Å². The Kier molecular flexibility index (Phi) is 9.92. The van der Waals surface area contributed by atoms with Gasteiger partial charge in [-0.15, -0.1) is 0 Å². The first kappa shape index (κ1) is 35.0. The van der Waals surface area contributed by atoms with Gasteiger partial charge in [0.05, 0.1) is 22.2 Å². The van der Waals surface area contributed by atoms with Gasteiger partial charge in [-0.3, -0.25) is 14.3 Å². The van der Waals surface area contributed by atoms with Gasteiger partial charge in [0.1, 0.15) is 17.0 Å². The standard InChI is InChI=1S/C33H50FN5O5/c1-13-24(40)22-17-25(36-26-16-20(2)39(37-26)30(4,5)6)35-23(27(22)34)19-33(28(41)43-31(7,8)9)14-15-38(21(3)18-33)29(42)44-32(10,11)12/h16-17,21H,13-15,18-19H2,1-12H3,(H,35,36,37)/t21-,33-/m1/s1. The van der Waals surface area contributed by atoms with Gasteiger partial charge < -0.3 is 19.7 Å². The number of esters is 1. The number of hydrogen-bond donors (Lipinski definition) is 1. The van der Waals surface area contributed by atoms with Crippen molar-refractivity contribution in [3.63, 3.8) is 0 Å². The van der Waals surface area contributed by atoms with Crippen LogP contribution in [0.5, 0.6) is 0 Å². The SMILES string of the molecule is CCC(=O)c1cc(Nc2cc(C)n(C(C)(C)C)n2)nc(C[C@@]2(C(=O)OC(C)(C)C)CCN(C(=O)OC(C)(C)C)[C@H](C)C2)c1F. The summed E-state index contributed by atoms with van der Waals surface area (Å²) in [6, 6.07) is 2.84. The molecule has 0 bridgehead atoms. The average molecular weight is 616 g/mol. The lowest BCUT2D eigenvalue weighted by Gasteiger charge is -2.44. The highest BCUT2D eigenvalue weighted by Crippen LogP contribution is 2.41. The Morgan fingerprint density at radius 2 is 1.64 bits per heavy atom. The van der Waals surface area contributed by atoms with Crippen molar-refractivity contribution in [3.05, 3.63) is 34.9 Å². The predicted octanol–water partition coefficient (Wildman–Crippen LogP) is 7.11. The Bertz CT molecular complexity index is 1400. The molecule has 1 saturated heterocycles. The van der Waals surface area contributed by atoms with Crippen molar-refractivity contribution in [1.29, 1.82) is 0 Å². The molecule has 0 unspecified atom stereocenters. The summed E-state index contributed by atoms with van der Waals surface area (Å²) < 4.78 is 29.4. The quantitative estimate of drug-likeness (QED) is 0.259. The van der Waals surface area contributed by atoms with Gasteiger partial charge >= 0.3 is 12.1 Å². The number of ketones is 1. The number of aryl methyl sites for hydroxylation is 1. The molecule has 1 N–H and O–H groups in total. The smallest absolute Gasteiger partial charge is 0.410 e. The fourth-order valence-corrected chi connectivity index (χ4v) is 5.55. The van der Waals surface area contributed by atoms with Crippen molar-refractivity contribution < 1.29 is 28.2 Å². The number of anilines is 2. The number of ether oxygens (including phenoxy) is 2. The van der Waals surface area contributed by atoms with E-state index in [0.29, 0.717) is 5.82 Å². The molecule has 1 aliphatic heterocycles. The second-order valence-corrected chi connectivity index (χ2v) is 14.9. The lowest BCUT2D eigenvalue weighted by Crippen LogP contribution is -2.54. The molecule has 0 radical (unpaired) electrons. The van der Waals surface area contributed by atoms with E-state index in [1.165, 1.54) is 6.07 Å². The van der Waals surface area contributed by atoms with Gasteiger partial charge in [-0.2, -0.15) is 5.10 Å². The predicted molar refractivity (Wildman–Crippen MR) is 168 cm³/mol. The molecule has 2 atom stereocenters. The molecule has 11 heteroatoms. The normalized spacial score (nSPS) is 19.5. The zero-order chi connectivity index (χ0) is 33.4. The van der Waals surface area contributed by atoms with Gasteiger partial charge in [0, 0.05) is 37.2 Å². The van der Waals surface area contributed by atoms with Crippen molar-refractivity contribution >= 4 is 29.5 Å². The number of Topliss-reactive ketones (excluding diaryl/α,β-unsaturated/α-hetero) is 1. The number of nitrogens with zero attached hydrogens (tertiary/aromatic N) is 4. The van der Waals surface area contributed by atoms with E-state index in [2.05, 4.69) is 15.4 Å². The van der Waals surface area contributed by atoms with Crippen molar-refractivity contribution in [2.75, 3.05) is 11.9 Å². The summed E-state index contributed by atoms with van der Waals surface area (Å²) >= 11 is 0. The van der Waals surface area contributed by atoms with Gasteiger partial charge in [0.25, 0.3) is 0 Å². The van der Waals surface area contributed by atoms with Crippen LogP contribution in [-0.2, 0) is 26.2 Å². The summed E-state index contributed by atoms with van der Waals surface area (Å²) in [5.41, 5.74) is -2.15. The largest absolute Gasteiger partial charge is 0.460 e.